The van der Waals surface area contributed by atoms with Crippen molar-refractivity contribution in [3.05, 3.63) is 40.9 Å². The van der Waals surface area contributed by atoms with Crippen molar-refractivity contribution < 1.29 is 19.4 Å². The van der Waals surface area contributed by atoms with Gasteiger partial charge in [0.2, 0.25) is 5.88 Å². The monoisotopic (exact) mass is 278 g/mol. The molecule has 0 unspecified atom stereocenters. The minimum atomic E-state index is -1.02. The molecule has 2 aromatic rings. The Morgan fingerprint density at radius 3 is 2.79 bits per heavy atom. The number of nitrogens with one attached hydrogen (secondary N) is 1. The first-order valence-corrected chi connectivity index (χ1v) is 6.07. The highest BCUT2D eigenvalue weighted by Gasteiger charge is 2.14. The van der Waals surface area contributed by atoms with E-state index in [-0.39, 0.29) is 16.3 Å². The van der Waals surface area contributed by atoms with E-state index in [4.69, 9.17) is 9.84 Å². The number of hydrogen-bond acceptors (Lipinski definition) is 5. The molecule has 0 aliphatic heterocycles. The fourth-order valence-corrected chi connectivity index (χ4v) is 2.17. The normalized spacial score (nSPS) is 9.95. The lowest BCUT2D eigenvalue weighted by atomic mass is 10.2. The summed E-state index contributed by atoms with van der Waals surface area (Å²) < 4.78 is 4.98. The molecule has 0 saturated heterocycles. The van der Waals surface area contributed by atoms with E-state index in [9.17, 15) is 9.59 Å². The fraction of sp³-hybridized carbons (Fsp3) is 0.0833. The van der Waals surface area contributed by atoms with E-state index in [1.165, 1.54) is 25.4 Å². The number of hydrogen-bond donors (Lipinski definition) is 2. The molecule has 0 aliphatic rings. The van der Waals surface area contributed by atoms with Crippen LogP contribution in [0.4, 0.5) is 5.00 Å². The molecule has 2 N–H and O–H groups in total. The summed E-state index contributed by atoms with van der Waals surface area (Å²) >= 11 is 0.985. The van der Waals surface area contributed by atoms with Crippen LogP contribution in [0.3, 0.4) is 0 Å². The van der Waals surface area contributed by atoms with Crippen LogP contribution in [0.2, 0.25) is 0 Å². The first-order chi connectivity index (χ1) is 9.11. The molecule has 0 aromatic carbocycles. The van der Waals surface area contributed by atoms with Crippen molar-refractivity contribution in [1.29, 1.82) is 0 Å². The predicted molar refractivity (Wildman–Crippen MR) is 70.0 cm³/mol. The largest absolute Gasteiger partial charge is 0.480 e. The smallest absolute Gasteiger partial charge is 0.345 e. The molecule has 1 amide bonds. The number of pyridine rings is 1. The van der Waals surface area contributed by atoms with Crippen molar-refractivity contribution in [2.24, 2.45) is 0 Å². The third-order valence-corrected chi connectivity index (χ3v) is 3.25. The average Bonchev–Trinajstić information content (AvgIpc) is 2.87. The first-order valence-electron chi connectivity index (χ1n) is 5.25. The summed E-state index contributed by atoms with van der Waals surface area (Å²) in [5.41, 5.74) is 0.287. The van der Waals surface area contributed by atoms with Crippen molar-refractivity contribution in [2.75, 3.05) is 12.4 Å². The highest BCUT2D eigenvalue weighted by molar-refractivity contribution is 7.18. The highest BCUT2D eigenvalue weighted by Crippen LogP contribution is 2.23. The molecule has 6 nitrogen and oxygen atoms in total. The van der Waals surface area contributed by atoms with Gasteiger partial charge in [0.05, 0.1) is 12.1 Å². The number of methoxy groups -OCH3 is 1. The van der Waals surface area contributed by atoms with Crippen molar-refractivity contribution >= 4 is 28.2 Å². The molecule has 2 heterocycles. The Bertz CT molecular complexity index is 624. The molecular weight excluding hydrogens is 268 g/mol. The van der Waals surface area contributed by atoms with Gasteiger partial charge < -0.3 is 15.2 Å². The van der Waals surface area contributed by atoms with Crippen LogP contribution in [0, 0.1) is 0 Å². The molecule has 0 spiro atoms. The molecule has 0 fully saturated rings. The Hall–Kier alpha value is -2.41. The zero-order chi connectivity index (χ0) is 13.8. The Kier molecular flexibility index (Phi) is 3.76. The van der Waals surface area contributed by atoms with Crippen LogP contribution in [-0.2, 0) is 0 Å². The summed E-state index contributed by atoms with van der Waals surface area (Å²) in [7, 11) is 1.42. The SMILES string of the molecule is COc1ncccc1C(=O)Nc1ccc(C(=O)O)s1. The molecule has 0 bridgehead atoms. The van der Waals surface area contributed by atoms with Gasteiger partial charge in [0.15, 0.2) is 0 Å². The molecular formula is C12H10N2O4S. The second-order valence-electron chi connectivity index (χ2n) is 3.48. The number of anilines is 1. The summed E-state index contributed by atoms with van der Waals surface area (Å²) in [6.07, 6.45) is 1.52. The molecule has 0 radical (unpaired) electrons. The number of carboxylic acids is 1. The van der Waals surface area contributed by atoms with Gasteiger partial charge in [-0.25, -0.2) is 9.78 Å². The maximum Gasteiger partial charge on any atom is 0.345 e. The van der Waals surface area contributed by atoms with Gasteiger partial charge in [0.1, 0.15) is 10.4 Å². The number of nitrogens with zero attached hydrogens (tertiary/aromatic N) is 1. The Morgan fingerprint density at radius 2 is 2.16 bits per heavy atom. The lowest BCUT2D eigenvalue weighted by Gasteiger charge is -2.06. The molecule has 2 rings (SSSR count). The molecule has 0 saturated carbocycles. The minimum Gasteiger partial charge on any atom is -0.480 e. The van der Waals surface area contributed by atoms with Crippen molar-refractivity contribution in [3.8, 4) is 5.88 Å². The molecule has 2 aromatic heterocycles. The van der Waals surface area contributed by atoms with Gasteiger partial charge in [0, 0.05) is 6.20 Å². The quantitative estimate of drug-likeness (QED) is 0.894. The summed E-state index contributed by atoms with van der Waals surface area (Å²) in [5, 5.41) is 11.9. The first kappa shape index (κ1) is 13.0. The van der Waals surface area contributed by atoms with E-state index in [1.807, 2.05) is 0 Å². The van der Waals surface area contributed by atoms with E-state index >= 15 is 0 Å². The van der Waals surface area contributed by atoms with Gasteiger partial charge in [-0.3, -0.25) is 4.79 Å². The van der Waals surface area contributed by atoms with Crippen molar-refractivity contribution in [1.82, 2.24) is 4.98 Å². The number of amides is 1. The maximum atomic E-state index is 12.0. The molecule has 19 heavy (non-hydrogen) atoms. The van der Waals surface area contributed by atoms with E-state index in [2.05, 4.69) is 10.3 Å². The van der Waals surface area contributed by atoms with Gasteiger partial charge >= 0.3 is 5.97 Å². The lowest BCUT2D eigenvalue weighted by molar-refractivity contribution is 0.0702. The third kappa shape index (κ3) is 2.89. The minimum absolute atomic E-state index is 0.161. The molecule has 7 heteroatoms. The third-order valence-electron chi connectivity index (χ3n) is 2.26. The number of carbonyl (C=O) groups excluding carboxylic acids is 1. The number of aromatic carboxylic acids is 1. The predicted octanol–water partition coefficient (Wildman–Crippen LogP) is 2.10. The van der Waals surface area contributed by atoms with Crippen LogP contribution in [-0.4, -0.2) is 29.1 Å². The summed E-state index contributed by atoms with van der Waals surface area (Å²) in [6, 6.07) is 6.17. The van der Waals surface area contributed by atoms with Crippen LogP contribution in [0.1, 0.15) is 20.0 Å². The molecule has 0 aliphatic carbocycles. The second kappa shape index (κ2) is 5.49. The molecule has 98 valence electrons. The van der Waals surface area contributed by atoms with Crippen molar-refractivity contribution in [3.63, 3.8) is 0 Å². The van der Waals surface area contributed by atoms with Gasteiger partial charge in [-0.2, -0.15) is 0 Å². The van der Waals surface area contributed by atoms with E-state index in [0.29, 0.717) is 5.00 Å². The topological polar surface area (TPSA) is 88.5 Å². The fourth-order valence-electron chi connectivity index (χ4n) is 1.43. The Labute approximate surface area is 112 Å². The van der Waals surface area contributed by atoms with Crippen molar-refractivity contribution in [2.45, 2.75) is 0 Å². The number of carboxylic acid groups (broad SMARTS) is 1. The Balaban J connectivity index is 2.18. The number of ether oxygens (including phenoxy) is 1. The summed E-state index contributed by atoms with van der Waals surface area (Å²) in [4.78, 5) is 26.8. The lowest BCUT2D eigenvalue weighted by Crippen LogP contribution is -2.12. The van der Waals surface area contributed by atoms with Crippen LogP contribution in [0.5, 0.6) is 5.88 Å². The zero-order valence-corrected chi connectivity index (χ0v) is 10.7. The number of rotatable bonds is 4. The van der Waals surface area contributed by atoms with Gasteiger partial charge in [-0.1, -0.05) is 0 Å². The van der Waals surface area contributed by atoms with Crippen LogP contribution >= 0.6 is 11.3 Å². The van der Waals surface area contributed by atoms with Crippen LogP contribution < -0.4 is 10.1 Å². The summed E-state index contributed by atoms with van der Waals surface area (Å²) in [6.45, 7) is 0. The Morgan fingerprint density at radius 1 is 1.37 bits per heavy atom. The number of thiophene rings is 1. The van der Waals surface area contributed by atoms with E-state index in [1.54, 1.807) is 12.1 Å². The maximum absolute atomic E-state index is 12.0. The summed E-state index contributed by atoms with van der Waals surface area (Å²) in [5.74, 6) is -1.21. The van der Waals surface area contributed by atoms with Crippen LogP contribution in [0.25, 0.3) is 0 Å². The van der Waals surface area contributed by atoms with Gasteiger partial charge in [-0.15, -0.1) is 11.3 Å². The highest BCUT2D eigenvalue weighted by atomic mass is 32.1. The van der Waals surface area contributed by atoms with E-state index < -0.39 is 11.9 Å². The van der Waals surface area contributed by atoms with Gasteiger partial charge in [0.25, 0.3) is 5.91 Å². The van der Waals surface area contributed by atoms with Crippen LogP contribution in [0.15, 0.2) is 30.5 Å². The number of aromatic nitrogens is 1. The zero-order valence-electron chi connectivity index (χ0n) is 9.91. The number of carbonyl (C=O) groups is 2. The van der Waals surface area contributed by atoms with Gasteiger partial charge in [-0.05, 0) is 24.3 Å². The standard InChI is InChI=1S/C12H10N2O4S/c1-18-11-7(3-2-6-13-11)10(15)14-9-5-4-8(19-9)12(16)17/h2-6H,1H3,(H,14,15)(H,16,17). The second-order valence-corrected chi connectivity index (χ2v) is 4.57. The molecule has 0 atom stereocenters. The van der Waals surface area contributed by atoms with E-state index in [0.717, 1.165) is 11.3 Å². The average molecular weight is 278 g/mol.